The fourth-order valence-corrected chi connectivity index (χ4v) is 3.91. The van der Waals surface area contributed by atoms with Crippen molar-refractivity contribution in [1.29, 1.82) is 0 Å². The smallest absolute Gasteiger partial charge is 0.320 e. The zero-order valence-corrected chi connectivity index (χ0v) is 20.3. The number of aliphatic hydroxyl groups excluding tert-OH is 3. The molecular formula is C21H38O9S. The third-order valence-electron chi connectivity index (χ3n) is 4.25. The van der Waals surface area contributed by atoms with E-state index in [9.17, 15) is 24.9 Å². The summed E-state index contributed by atoms with van der Waals surface area (Å²) >= 11 is 1.36. The predicted octanol–water partition coefficient (Wildman–Crippen LogP) is 1.25. The fraction of sp³-hybridized carbons (Fsp3) is 0.905. The second-order valence-electron chi connectivity index (χ2n) is 9.41. The number of carbonyl (C=O) groups is 2. The number of carbonyl (C=O) groups excluding carboxylic acids is 2. The molecule has 5 atom stereocenters. The highest BCUT2D eigenvalue weighted by atomic mass is 32.2. The average Bonchev–Trinajstić information content (AvgIpc) is 2.60. The van der Waals surface area contributed by atoms with Crippen molar-refractivity contribution < 1.29 is 43.9 Å². The predicted molar refractivity (Wildman–Crippen MR) is 115 cm³/mol. The lowest BCUT2D eigenvalue weighted by molar-refractivity contribution is -0.219. The van der Waals surface area contributed by atoms with Gasteiger partial charge in [0.2, 0.25) is 0 Å². The number of hydrogen-bond acceptors (Lipinski definition) is 10. The van der Waals surface area contributed by atoms with E-state index < -0.39 is 65.5 Å². The van der Waals surface area contributed by atoms with E-state index in [0.29, 0.717) is 5.75 Å². The van der Waals surface area contributed by atoms with Crippen LogP contribution in [0.5, 0.6) is 0 Å². The maximum Gasteiger partial charge on any atom is 0.320 e. The van der Waals surface area contributed by atoms with E-state index in [1.165, 1.54) is 11.8 Å². The Labute approximate surface area is 188 Å². The van der Waals surface area contributed by atoms with Crippen molar-refractivity contribution >= 4 is 23.7 Å². The van der Waals surface area contributed by atoms with Crippen LogP contribution < -0.4 is 0 Å². The molecule has 10 heteroatoms. The molecule has 1 aliphatic heterocycles. The first-order valence-corrected chi connectivity index (χ1v) is 11.6. The van der Waals surface area contributed by atoms with Crippen molar-refractivity contribution in [3.8, 4) is 0 Å². The largest absolute Gasteiger partial charge is 0.459 e. The van der Waals surface area contributed by atoms with Gasteiger partial charge in [-0.3, -0.25) is 9.59 Å². The molecule has 0 aromatic rings. The van der Waals surface area contributed by atoms with Crippen LogP contribution in [0.2, 0.25) is 0 Å². The summed E-state index contributed by atoms with van der Waals surface area (Å²) in [7, 11) is 0. The minimum Gasteiger partial charge on any atom is -0.459 e. The first-order chi connectivity index (χ1) is 14.2. The molecule has 3 N–H and O–H groups in total. The first kappa shape index (κ1) is 28.1. The second kappa shape index (κ2) is 11.8. The van der Waals surface area contributed by atoms with Gasteiger partial charge in [-0.05, 0) is 53.7 Å². The summed E-state index contributed by atoms with van der Waals surface area (Å²) in [5.74, 6) is -1.98. The van der Waals surface area contributed by atoms with Crippen molar-refractivity contribution in [2.45, 2.75) is 95.9 Å². The van der Waals surface area contributed by atoms with Crippen LogP contribution >= 0.6 is 11.8 Å². The lowest BCUT2D eigenvalue weighted by Gasteiger charge is -2.41. The minimum absolute atomic E-state index is 0.0317. The molecule has 1 heterocycles. The molecule has 0 aliphatic carbocycles. The van der Waals surface area contributed by atoms with Crippen molar-refractivity contribution in [2.24, 2.45) is 5.92 Å². The summed E-state index contributed by atoms with van der Waals surface area (Å²) in [6.45, 7) is 11.6. The lowest BCUT2D eigenvalue weighted by atomic mass is 10.00. The van der Waals surface area contributed by atoms with Gasteiger partial charge in [-0.15, -0.1) is 11.8 Å². The molecule has 9 nitrogen and oxygen atoms in total. The number of hydrogen-bond donors (Lipinski definition) is 3. The van der Waals surface area contributed by atoms with E-state index in [4.69, 9.17) is 18.9 Å². The van der Waals surface area contributed by atoms with E-state index in [0.717, 1.165) is 0 Å². The second-order valence-corrected chi connectivity index (χ2v) is 10.8. The number of esters is 2. The van der Waals surface area contributed by atoms with Crippen LogP contribution in [-0.4, -0.2) is 87.3 Å². The molecule has 0 radical (unpaired) electrons. The standard InChI is InChI=1S/C21H38O9S/c1-8-31-19-16(15(24)14(23)13(11-22)28-19)27-10-9-12(17(25)29-20(2,3)4)18(26)30-21(5,6)7/h12-16,19,22-24H,8-11H2,1-7H3/t13-,14+,15+,16-,19+/m1/s1. The SMILES string of the molecule is CCS[C@@H]1O[C@H](CO)[C@H](O)[C@H](O)[C@H]1OCCC(C(=O)OC(C)(C)C)C(=O)OC(C)(C)C. The van der Waals surface area contributed by atoms with Crippen molar-refractivity contribution in [3.63, 3.8) is 0 Å². The molecule has 0 unspecified atom stereocenters. The maximum absolute atomic E-state index is 12.6. The molecule has 1 rings (SSSR count). The first-order valence-electron chi connectivity index (χ1n) is 10.5. The van der Waals surface area contributed by atoms with E-state index in [1.807, 2.05) is 6.92 Å². The van der Waals surface area contributed by atoms with E-state index in [-0.39, 0.29) is 13.0 Å². The Morgan fingerprint density at radius 2 is 1.52 bits per heavy atom. The van der Waals surface area contributed by atoms with Gasteiger partial charge in [0.05, 0.1) is 6.61 Å². The van der Waals surface area contributed by atoms with Crippen molar-refractivity contribution in [2.75, 3.05) is 19.0 Å². The van der Waals surface area contributed by atoms with Gasteiger partial charge in [0.1, 0.15) is 41.1 Å². The monoisotopic (exact) mass is 466 g/mol. The van der Waals surface area contributed by atoms with Crippen LogP contribution in [0.25, 0.3) is 0 Å². The van der Waals surface area contributed by atoms with Gasteiger partial charge in [-0.25, -0.2) is 0 Å². The zero-order valence-electron chi connectivity index (χ0n) is 19.5. The number of ether oxygens (including phenoxy) is 4. The normalized spacial score (nSPS) is 27.3. The Hall–Kier alpha value is -0.910. The summed E-state index contributed by atoms with van der Waals surface area (Å²) in [4.78, 5) is 25.2. The quantitative estimate of drug-likeness (QED) is 0.337. The van der Waals surface area contributed by atoms with E-state index in [1.54, 1.807) is 41.5 Å². The van der Waals surface area contributed by atoms with Gasteiger partial charge in [-0.1, -0.05) is 6.92 Å². The third kappa shape index (κ3) is 9.23. The average molecular weight is 467 g/mol. The summed E-state index contributed by atoms with van der Waals surface area (Å²) in [6, 6.07) is 0. The van der Waals surface area contributed by atoms with Crippen LogP contribution in [0, 0.1) is 5.92 Å². The number of rotatable bonds is 9. The number of aliphatic hydroxyl groups is 3. The van der Waals surface area contributed by atoms with Crippen molar-refractivity contribution in [3.05, 3.63) is 0 Å². The maximum atomic E-state index is 12.6. The molecule has 0 bridgehead atoms. The van der Waals surface area contributed by atoms with Crippen LogP contribution in [-0.2, 0) is 28.5 Å². The van der Waals surface area contributed by atoms with Gasteiger partial charge in [-0.2, -0.15) is 0 Å². The minimum atomic E-state index is -1.32. The third-order valence-corrected chi connectivity index (χ3v) is 5.30. The summed E-state index contributed by atoms with van der Waals surface area (Å²) in [5, 5.41) is 30.0. The van der Waals surface area contributed by atoms with Gasteiger partial charge < -0.3 is 34.3 Å². The highest BCUT2D eigenvalue weighted by Crippen LogP contribution is 2.31. The Morgan fingerprint density at radius 3 is 1.94 bits per heavy atom. The molecule has 0 amide bonds. The molecule has 0 saturated carbocycles. The topological polar surface area (TPSA) is 132 Å². The van der Waals surface area contributed by atoms with Crippen LogP contribution in [0.4, 0.5) is 0 Å². The van der Waals surface area contributed by atoms with Crippen LogP contribution in [0.1, 0.15) is 54.9 Å². The molecule has 1 aliphatic rings. The highest BCUT2D eigenvalue weighted by Gasteiger charge is 2.45. The Balaban J connectivity index is 2.88. The lowest BCUT2D eigenvalue weighted by Crippen LogP contribution is -2.58. The molecule has 0 aromatic heterocycles. The molecule has 31 heavy (non-hydrogen) atoms. The van der Waals surface area contributed by atoms with Gasteiger partial charge >= 0.3 is 11.9 Å². The van der Waals surface area contributed by atoms with Gasteiger partial charge in [0, 0.05) is 6.61 Å². The van der Waals surface area contributed by atoms with E-state index >= 15 is 0 Å². The zero-order chi connectivity index (χ0) is 24.0. The molecule has 182 valence electrons. The van der Waals surface area contributed by atoms with Gasteiger partial charge in [0.15, 0.2) is 5.92 Å². The molecule has 1 fully saturated rings. The molecule has 1 saturated heterocycles. The van der Waals surface area contributed by atoms with Crippen LogP contribution in [0.15, 0.2) is 0 Å². The summed E-state index contributed by atoms with van der Waals surface area (Å²) in [5.41, 5.74) is -2.18. The van der Waals surface area contributed by atoms with Crippen molar-refractivity contribution in [1.82, 2.24) is 0 Å². The Kier molecular flexibility index (Phi) is 10.7. The highest BCUT2D eigenvalue weighted by molar-refractivity contribution is 7.99. The summed E-state index contributed by atoms with van der Waals surface area (Å²) < 4.78 is 22.1. The Bertz CT molecular complexity index is 556. The molecule has 0 aromatic carbocycles. The summed E-state index contributed by atoms with van der Waals surface area (Å²) in [6.07, 6.45) is -4.47. The molecule has 0 spiro atoms. The van der Waals surface area contributed by atoms with Gasteiger partial charge in [0.25, 0.3) is 0 Å². The van der Waals surface area contributed by atoms with E-state index in [2.05, 4.69) is 0 Å². The fourth-order valence-electron chi connectivity index (χ4n) is 2.93. The Morgan fingerprint density at radius 1 is 1.00 bits per heavy atom. The number of thioether (sulfide) groups is 1. The molecular weight excluding hydrogens is 428 g/mol. The van der Waals surface area contributed by atoms with Crippen LogP contribution in [0.3, 0.4) is 0 Å².